The largest absolute Gasteiger partial charge is 0.360 e. The van der Waals surface area contributed by atoms with Crippen LogP contribution in [-0.4, -0.2) is 35.5 Å². The van der Waals surface area contributed by atoms with Gasteiger partial charge in [0.2, 0.25) is 0 Å². The molecule has 0 radical (unpaired) electrons. The molecule has 2 heterocycles. The number of hydrogen-bond donors (Lipinski definition) is 1. The van der Waals surface area contributed by atoms with E-state index < -0.39 is 0 Å². The predicted molar refractivity (Wildman–Crippen MR) is 72.8 cm³/mol. The monoisotopic (exact) mass is 261 g/mol. The Morgan fingerprint density at radius 2 is 2.06 bits per heavy atom. The molecule has 0 aromatic carbocycles. The highest BCUT2D eigenvalue weighted by Crippen LogP contribution is 2.15. The van der Waals surface area contributed by atoms with E-state index in [1.165, 1.54) is 5.56 Å². The topological polar surface area (TPSA) is 31.9 Å². The predicted octanol–water partition coefficient (Wildman–Crippen LogP) is 2.51. The third-order valence-corrected chi connectivity index (χ3v) is 2.34. The maximum Gasteiger partial charge on any atom is 0.0911 e. The van der Waals surface area contributed by atoms with Gasteiger partial charge < -0.3 is 9.88 Å². The van der Waals surface area contributed by atoms with E-state index in [-0.39, 0.29) is 24.8 Å². The summed E-state index contributed by atoms with van der Waals surface area (Å²) in [5.41, 5.74) is 3.53. The molecule has 0 atom stereocenters. The van der Waals surface area contributed by atoms with Gasteiger partial charge in [-0.3, -0.25) is 4.98 Å². The number of halogens is 2. The molecule has 0 spiro atoms. The lowest BCUT2D eigenvalue weighted by Gasteiger charge is -2.07. The van der Waals surface area contributed by atoms with Gasteiger partial charge in [0, 0.05) is 18.9 Å². The number of likely N-dealkylation sites (N-methyl/N-ethyl adjacent to an activating group) is 1. The van der Waals surface area contributed by atoms with Crippen molar-refractivity contribution in [2.24, 2.45) is 0 Å². The fourth-order valence-electron chi connectivity index (χ4n) is 1.55. The zero-order chi connectivity index (χ0) is 9.97. The molecular weight excluding hydrogens is 245 g/mol. The highest BCUT2D eigenvalue weighted by atomic mass is 35.5. The van der Waals surface area contributed by atoms with Crippen molar-refractivity contribution in [1.82, 2.24) is 14.9 Å². The van der Waals surface area contributed by atoms with Crippen molar-refractivity contribution in [3.05, 3.63) is 30.1 Å². The highest BCUT2D eigenvalue weighted by molar-refractivity contribution is 5.85. The number of aromatic amines is 1. The molecule has 0 aliphatic carbocycles. The zero-order valence-electron chi connectivity index (χ0n) is 9.43. The van der Waals surface area contributed by atoms with Crippen LogP contribution in [0.25, 0.3) is 11.0 Å². The Labute approximate surface area is 108 Å². The molecule has 3 nitrogen and oxygen atoms in total. The first-order chi connectivity index (χ1) is 6.77. The third kappa shape index (κ3) is 3.37. The van der Waals surface area contributed by atoms with Gasteiger partial charge in [0.05, 0.1) is 11.0 Å². The van der Waals surface area contributed by atoms with E-state index in [0.29, 0.717) is 0 Å². The van der Waals surface area contributed by atoms with Crippen molar-refractivity contribution in [1.29, 1.82) is 0 Å². The molecule has 5 heteroatoms. The van der Waals surface area contributed by atoms with Gasteiger partial charge in [-0.2, -0.15) is 0 Å². The lowest BCUT2D eigenvalue weighted by atomic mass is 10.2. The summed E-state index contributed by atoms with van der Waals surface area (Å²) in [4.78, 5) is 9.78. The van der Waals surface area contributed by atoms with Crippen molar-refractivity contribution < 1.29 is 0 Å². The van der Waals surface area contributed by atoms with Crippen LogP contribution < -0.4 is 0 Å². The van der Waals surface area contributed by atoms with Gasteiger partial charge in [0.15, 0.2) is 0 Å². The second kappa shape index (κ2) is 6.74. The molecule has 0 aliphatic heterocycles. The van der Waals surface area contributed by atoms with E-state index in [1.807, 2.05) is 12.3 Å². The fraction of sp³-hybridized carbons (Fsp3) is 0.364. The summed E-state index contributed by atoms with van der Waals surface area (Å²) in [6, 6.07) is 4.01. The number of rotatable bonds is 3. The Morgan fingerprint density at radius 3 is 2.75 bits per heavy atom. The number of nitrogens with zero attached hydrogens (tertiary/aromatic N) is 2. The normalized spacial score (nSPS) is 9.94. The van der Waals surface area contributed by atoms with Crippen LogP contribution in [0.4, 0.5) is 0 Å². The standard InChI is InChI=1S/C11H15N3.2ClH/c1-14(2)7-5-9-8-13-10-4-3-6-12-11(9)10;;/h3-4,6,8,13H,5,7H2,1-2H3;2*1H. The summed E-state index contributed by atoms with van der Waals surface area (Å²) in [6.07, 6.45) is 4.94. The lowest BCUT2D eigenvalue weighted by molar-refractivity contribution is 0.414. The highest BCUT2D eigenvalue weighted by Gasteiger charge is 2.03. The molecule has 0 fully saturated rings. The molecule has 0 bridgehead atoms. The van der Waals surface area contributed by atoms with Crippen LogP contribution >= 0.6 is 24.8 Å². The molecule has 16 heavy (non-hydrogen) atoms. The van der Waals surface area contributed by atoms with Gasteiger partial charge >= 0.3 is 0 Å². The fourth-order valence-corrected chi connectivity index (χ4v) is 1.55. The van der Waals surface area contributed by atoms with Crippen LogP contribution in [0, 0.1) is 0 Å². The Balaban J connectivity index is 0.00000112. The summed E-state index contributed by atoms with van der Waals surface area (Å²) < 4.78 is 0. The summed E-state index contributed by atoms with van der Waals surface area (Å²) in [6.45, 7) is 1.06. The first kappa shape index (κ1) is 15.2. The van der Waals surface area contributed by atoms with E-state index in [9.17, 15) is 0 Å². The number of aromatic nitrogens is 2. The lowest BCUT2D eigenvalue weighted by Crippen LogP contribution is -2.14. The van der Waals surface area contributed by atoms with Crippen LogP contribution in [0.2, 0.25) is 0 Å². The SMILES string of the molecule is CN(C)CCc1c[nH]c2cccnc12.Cl.Cl. The summed E-state index contributed by atoms with van der Waals surface area (Å²) in [7, 11) is 4.17. The van der Waals surface area contributed by atoms with Crippen LogP contribution in [0.15, 0.2) is 24.5 Å². The minimum atomic E-state index is 0. The molecule has 2 aromatic heterocycles. The van der Waals surface area contributed by atoms with E-state index in [4.69, 9.17) is 0 Å². The average Bonchev–Trinajstić information content (AvgIpc) is 2.58. The number of nitrogens with one attached hydrogen (secondary N) is 1. The molecule has 0 aliphatic rings. The van der Waals surface area contributed by atoms with Gasteiger partial charge in [-0.15, -0.1) is 24.8 Å². The molecule has 0 unspecified atom stereocenters. The van der Waals surface area contributed by atoms with E-state index in [2.05, 4.69) is 41.2 Å². The number of hydrogen-bond acceptors (Lipinski definition) is 2. The maximum absolute atomic E-state index is 4.37. The molecule has 1 N–H and O–H groups in total. The maximum atomic E-state index is 4.37. The van der Waals surface area contributed by atoms with Gasteiger partial charge in [0.1, 0.15) is 0 Å². The summed E-state index contributed by atoms with van der Waals surface area (Å²) >= 11 is 0. The van der Waals surface area contributed by atoms with Gasteiger partial charge in [-0.25, -0.2) is 0 Å². The smallest absolute Gasteiger partial charge is 0.0911 e. The second-order valence-electron chi connectivity index (χ2n) is 3.77. The van der Waals surface area contributed by atoms with Gasteiger partial charge in [-0.05, 0) is 38.2 Å². The van der Waals surface area contributed by atoms with Gasteiger partial charge in [0.25, 0.3) is 0 Å². The molecule has 2 aromatic rings. The van der Waals surface area contributed by atoms with Crippen molar-refractivity contribution in [2.45, 2.75) is 6.42 Å². The van der Waals surface area contributed by atoms with Crippen molar-refractivity contribution >= 4 is 35.8 Å². The molecule has 90 valence electrons. The molecule has 0 saturated carbocycles. The van der Waals surface area contributed by atoms with Gasteiger partial charge in [-0.1, -0.05) is 0 Å². The Hall–Kier alpha value is -0.770. The first-order valence-electron chi connectivity index (χ1n) is 4.83. The van der Waals surface area contributed by atoms with E-state index in [1.54, 1.807) is 0 Å². The van der Waals surface area contributed by atoms with Crippen molar-refractivity contribution in [3.8, 4) is 0 Å². The quantitative estimate of drug-likeness (QED) is 0.921. The van der Waals surface area contributed by atoms with E-state index >= 15 is 0 Å². The van der Waals surface area contributed by atoms with Crippen LogP contribution in [0.3, 0.4) is 0 Å². The summed E-state index contributed by atoms with van der Waals surface area (Å²) in [5, 5.41) is 0. The van der Waals surface area contributed by atoms with Crippen LogP contribution in [0.1, 0.15) is 5.56 Å². The average molecular weight is 262 g/mol. The zero-order valence-corrected chi connectivity index (χ0v) is 11.1. The minimum Gasteiger partial charge on any atom is -0.360 e. The summed E-state index contributed by atoms with van der Waals surface area (Å²) in [5.74, 6) is 0. The number of H-pyrrole nitrogens is 1. The van der Waals surface area contributed by atoms with Crippen LogP contribution in [-0.2, 0) is 6.42 Å². The Bertz CT molecular complexity index is 426. The van der Waals surface area contributed by atoms with E-state index in [0.717, 1.165) is 24.0 Å². The van der Waals surface area contributed by atoms with Crippen LogP contribution in [0.5, 0.6) is 0 Å². The Morgan fingerprint density at radius 1 is 1.31 bits per heavy atom. The Kier molecular flexibility index (Phi) is 6.41. The molecule has 2 rings (SSSR count). The minimum absolute atomic E-state index is 0. The number of fused-ring (bicyclic) bond motifs is 1. The molecule has 0 saturated heterocycles. The second-order valence-corrected chi connectivity index (χ2v) is 3.77. The van der Waals surface area contributed by atoms with Crippen molar-refractivity contribution in [2.75, 3.05) is 20.6 Å². The third-order valence-electron chi connectivity index (χ3n) is 2.34. The molecule has 0 amide bonds. The number of pyridine rings is 1. The first-order valence-corrected chi connectivity index (χ1v) is 4.83. The molecular formula is C11H17Cl2N3. The van der Waals surface area contributed by atoms with Crippen molar-refractivity contribution in [3.63, 3.8) is 0 Å².